The molecule has 6 heteroatoms. The van der Waals surface area contributed by atoms with Crippen molar-refractivity contribution in [2.45, 2.75) is 13.8 Å². The highest BCUT2D eigenvalue weighted by Crippen LogP contribution is 2.28. The zero-order valence-corrected chi connectivity index (χ0v) is 10.7. The number of aryl methyl sites for hydroxylation is 2. The average molecular weight is 249 g/mol. The van der Waals surface area contributed by atoms with E-state index in [1.54, 1.807) is 17.5 Å². The normalized spacial score (nSPS) is 10.5. The Hall–Kier alpha value is -1.53. The topological polar surface area (TPSA) is 76.7 Å². The number of nitrogens with zero attached hydrogens (tertiary/aromatic N) is 3. The van der Waals surface area contributed by atoms with E-state index < -0.39 is 0 Å². The lowest BCUT2D eigenvalue weighted by Gasteiger charge is -2.04. The van der Waals surface area contributed by atoms with Gasteiger partial charge >= 0.3 is 0 Å². The van der Waals surface area contributed by atoms with Crippen LogP contribution in [0, 0.1) is 13.8 Å². The molecule has 0 saturated heterocycles. The van der Waals surface area contributed by atoms with Gasteiger partial charge in [0.1, 0.15) is 0 Å². The Morgan fingerprint density at radius 2 is 2.18 bits per heavy atom. The summed E-state index contributed by atoms with van der Waals surface area (Å²) in [6.07, 6.45) is 1.75. The van der Waals surface area contributed by atoms with E-state index in [-0.39, 0.29) is 0 Å². The molecule has 2 heterocycles. The van der Waals surface area contributed by atoms with E-state index in [0.717, 1.165) is 21.3 Å². The number of nitrogens with one attached hydrogen (secondary N) is 1. The van der Waals surface area contributed by atoms with Gasteiger partial charge in [0.05, 0.1) is 21.3 Å². The predicted octanol–water partition coefficient (Wildman–Crippen LogP) is 1.59. The molecule has 0 aliphatic carbocycles. The fourth-order valence-electron chi connectivity index (χ4n) is 1.52. The first-order valence-corrected chi connectivity index (χ1v) is 6.23. The van der Waals surface area contributed by atoms with Crippen LogP contribution in [0.25, 0.3) is 10.6 Å². The molecule has 0 aliphatic rings. The third-order valence-corrected chi connectivity index (χ3v) is 3.31. The van der Waals surface area contributed by atoms with Crippen LogP contribution in [0.1, 0.15) is 10.7 Å². The van der Waals surface area contributed by atoms with Crippen LogP contribution in [0.2, 0.25) is 0 Å². The maximum atomic E-state index is 5.43. The van der Waals surface area contributed by atoms with E-state index in [2.05, 4.69) is 20.3 Å². The van der Waals surface area contributed by atoms with Crippen molar-refractivity contribution in [1.82, 2.24) is 15.0 Å². The van der Waals surface area contributed by atoms with Crippen molar-refractivity contribution < 1.29 is 0 Å². The summed E-state index contributed by atoms with van der Waals surface area (Å²) in [4.78, 5) is 14.1. The summed E-state index contributed by atoms with van der Waals surface area (Å²) in [6.45, 7) is 5.22. The van der Waals surface area contributed by atoms with E-state index in [9.17, 15) is 0 Å². The number of anilines is 1. The lowest BCUT2D eigenvalue weighted by atomic mass is 10.3. The molecule has 0 unspecified atom stereocenters. The third-order valence-electron chi connectivity index (χ3n) is 2.22. The van der Waals surface area contributed by atoms with Crippen molar-refractivity contribution in [2.24, 2.45) is 5.73 Å². The van der Waals surface area contributed by atoms with Gasteiger partial charge in [0, 0.05) is 19.3 Å². The summed E-state index contributed by atoms with van der Waals surface area (Å²) in [5.41, 5.74) is 7.34. The summed E-state index contributed by atoms with van der Waals surface area (Å²) in [5, 5.41) is 4.12. The van der Waals surface area contributed by atoms with Gasteiger partial charge in [-0.15, -0.1) is 11.3 Å². The minimum absolute atomic E-state index is 0.562. The molecule has 2 aromatic heterocycles. The summed E-state index contributed by atoms with van der Waals surface area (Å²) in [7, 11) is 0. The minimum Gasteiger partial charge on any atom is -0.353 e. The highest BCUT2D eigenvalue weighted by Gasteiger charge is 2.09. The van der Waals surface area contributed by atoms with Crippen LogP contribution in [0.4, 0.5) is 5.95 Å². The van der Waals surface area contributed by atoms with Crippen molar-refractivity contribution in [3.63, 3.8) is 0 Å². The number of nitrogens with two attached hydrogens (primary N) is 1. The lowest BCUT2D eigenvalue weighted by Crippen LogP contribution is -2.14. The zero-order valence-electron chi connectivity index (χ0n) is 9.90. The van der Waals surface area contributed by atoms with Crippen LogP contribution in [-0.2, 0) is 0 Å². The Balaban J connectivity index is 2.29. The molecule has 0 amide bonds. The third kappa shape index (κ3) is 2.78. The van der Waals surface area contributed by atoms with Crippen molar-refractivity contribution in [3.05, 3.63) is 23.0 Å². The van der Waals surface area contributed by atoms with Gasteiger partial charge in [0.15, 0.2) is 0 Å². The van der Waals surface area contributed by atoms with Gasteiger partial charge in [0.25, 0.3) is 0 Å². The first-order valence-electron chi connectivity index (χ1n) is 5.42. The molecule has 0 bridgehead atoms. The van der Waals surface area contributed by atoms with Crippen LogP contribution < -0.4 is 11.1 Å². The van der Waals surface area contributed by atoms with Gasteiger partial charge in [-0.25, -0.2) is 15.0 Å². The van der Waals surface area contributed by atoms with Gasteiger partial charge < -0.3 is 11.1 Å². The molecule has 90 valence electrons. The van der Waals surface area contributed by atoms with Gasteiger partial charge in [0.2, 0.25) is 5.95 Å². The smallest absolute Gasteiger partial charge is 0.223 e. The van der Waals surface area contributed by atoms with E-state index >= 15 is 0 Å². The molecular weight excluding hydrogens is 234 g/mol. The van der Waals surface area contributed by atoms with Crippen molar-refractivity contribution in [3.8, 4) is 10.6 Å². The maximum absolute atomic E-state index is 5.43. The second kappa shape index (κ2) is 5.20. The molecule has 17 heavy (non-hydrogen) atoms. The fraction of sp³-hybridized carbons (Fsp3) is 0.364. The summed E-state index contributed by atoms with van der Waals surface area (Å²) < 4.78 is 0. The molecule has 0 saturated carbocycles. The van der Waals surface area contributed by atoms with Crippen LogP contribution in [-0.4, -0.2) is 28.0 Å². The Kier molecular flexibility index (Phi) is 3.65. The van der Waals surface area contributed by atoms with Crippen molar-refractivity contribution in [2.75, 3.05) is 18.4 Å². The fourth-order valence-corrected chi connectivity index (χ4v) is 2.41. The first-order chi connectivity index (χ1) is 8.20. The van der Waals surface area contributed by atoms with Gasteiger partial charge in [-0.2, -0.15) is 0 Å². The Morgan fingerprint density at radius 3 is 2.82 bits per heavy atom. The van der Waals surface area contributed by atoms with Crippen LogP contribution in [0.15, 0.2) is 12.3 Å². The largest absolute Gasteiger partial charge is 0.353 e. The lowest BCUT2D eigenvalue weighted by molar-refractivity contribution is 0.990. The quantitative estimate of drug-likeness (QED) is 0.860. The zero-order chi connectivity index (χ0) is 12.3. The van der Waals surface area contributed by atoms with Crippen molar-refractivity contribution >= 4 is 17.3 Å². The molecule has 0 radical (unpaired) electrons. The first kappa shape index (κ1) is 11.9. The maximum Gasteiger partial charge on any atom is 0.223 e. The van der Waals surface area contributed by atoms with Crippen LogP contribution >= 0.6 is 11.3 Å². The molecule has 0 aromatic carbocycles. The number of thiazole rings is 1. The average Bonchev–Trinajstić information content (AvgIpc) is 2.66. The Morgan fingerprint density at radius 1 is 1.35 bits per heavy atom. The minimum atomic E-state index is 0.562. The molecule has 0 aliphatic heterocycles. The summed E-state index contributed by atoms with van der Waals surface area (Å²) >= 11 is 1.65. The van der Waals surface area contributed by atoms with E-state index in [4.69, 9.17) is 5.73 Å². The highest BCUT2D eigenvalue weighted by molar-refractivity contribution is 7.15. The molecule has 0 spiro atoms. The SMILES string of the molecule is Cc1nc(C)c(-c2ccnc(NCCN)n2)s1. The van der Waals surface area contributed by atoms with E-state index in [0.29, 0.717) is 19.0 Å². The molecule has 0 atom stereocenters. The highest BCUT2D eigenvalue weighted by atomic mass is 32.1. The van der Waals surface area contributed by atoms with Crippen LogP contribution in [0.3, 0.4) is 0 Å². The number of hydrogen-bond acceptors (Lipinski definition) is 6. The second-order valence-electron chi connectivity index (χ2n) is 3.63. The molecule has 2 rings (SSSR count). The second-order valence-corrected chi connectivity index (χ2v) is 4.83. The Labute approximate surface area is 104 Å². The molecule has 5 nitrogen and oxygen atoms in total. The summed E-state index contributed by atoms with van der Waals surface area (Å²) in [6, 6.07) is 1.90. The van der Waals surface area contributed by atoms with Gasteiger partial charge in [-0.1, -0.05) is 0 Å². The number of rotatable bonds is 4. The van der Waals surface area contributed by atoms with Gasteiger partial charge in [-0.3, -0.25) is 0 Å². The van der Waals surface area contributed by atoms with Crippen molar-refractivity contribution in [1.29, 1.82) is 0 Å². The predicted molar refractivity (Wildman–Crippen MR) is 70.2 cm³/mol. The van der Waals surface area contributed by atoms with E-state index in [1.807, 2.05) is 19.9 Å². The van der Waals surface area contributed by atoms with E-state index in [1.165, 1.54) is 0 Å². The van der Waals surface area contributed by atoms with Crippen LogP contribution in [0.5, 0.6) is 0 Å². The monoisotopic (exact) mass is 249 g/mol. The Bertz CT molecular complexity index is 508. The van der Waals surface area contributed by atoms with Gasteiger partial charge in [-0.05, 0) is 19.9 Å². The number of aromatic nitrogens is 3. The molecule has 0 fully saturated rings. The molecule has 2 aromatic rings. The molecule has 3 N–H and O–H groups in total. The molecular formula is C11H15N5S. The number of hydrogen-bond donors (Lipinski definition) is 2. The summed E-state index contributed by atoms with van der Waals surface area (Å²) in [5.74, 6) is 0.610. The standard InChI is InChI=1S/C11H15N5S/c1-7-10(17-8(2)15-7)9-3-5-13-11(16-9)14-6-4-12/h3,5H,4,6,12H2,1-2H3,(H,13,14,16).